The molecule has 0 saturated heterocycles. The molecule has 0 bridgehead atoms. The van der Waals surface area contributed by atoms with Crippen molar-refractivity contribution in [2.24, 2.45) is 0 Å². The van der Waals surface area contributed by atoms with Crippen molar-refractivity contribution in [1.82, 2.24) is 4.90 Å². The Morgan fingerprint density at radius 3 is 2.24 bits per heavy atom. The maximum Gasteiger partial charge on any atom is 0.320 e. The number of carbonyl (C=O) groups excluding carboxylic acids is 1. The number of carboxylic acids is 1. The number of nitrogens with zero attached hydrogens (tertiary/aromatic N) is 1. The molecule has 0 heterocycles. The highest BCUT2D eigenvalue weighted by Crippen LogP contribution is 2.08. The van der Waals surface area contributed by atoms with Crippen molar-refractivity contribution in [3.63, 3.8) is 0 Å². The summed E-state index contributed by atoms with van der Waals surface area (Å²) in [6.45, 7) is 7.52. The van der Waals surface area contributed by atoms with Crippen molar-refractivity contribution in [2.45, 2.75) is 38.1 Å². The van der Waals surface area contributed by atoms with E-state index in [0.29, 0.717) is 6.54 Å². The maximum absolute atomic E-state index is 11.6. The Morgan fingerprint density at radius 1 is 1.35 bits per heavy atom. The summed E-state index contributed by atoms with van der Waals surface area (Å²) < 4.78 is 5.14. The van der Waals surface area contributed by atoms with Gasteiger partial charge in [-0.15, -0.1) is 0 Å². The predicted molar refractivity (Wildman–Crippen MR) is 68.3 cm³/mol. The Kier molecular flexibility index (Phi) is 6.70. The van der Waals surface area contributed by atoms with Crippen LogP contribution in [0.2, 0.25) is 0 Å². The van der Waals surface area contributed by atoms with E-state index in [0.717, 1.165) is 0 Å². The van der Waals surface area contributed by atoms with Crippen LogP contribution < -0.4 is 0 Å². The fourth-order valence-electron chi connectivity index (χ4n) is 1.29. The number of rotatable bonds is 6. The monoisotopic (exact) mass is 309 g/mol. The third-order valence-corrected chi connectivity index (χ3v) is 1.93. The van der Waals surface area contributed by atoms with Crippen LogP contribution >= 0.6 is 15.9 Å². The molecule has 0 aromatic rings. The highest BCUT2D eigenvalue weighted by Gasteiger charge is 2.21. The predicted octanol–water partition coefficient (Wildman–Crippen LogP) is 1.50. The average molecular weight is 310 g/mol. The van der Waals surface area contributed by atoms with E-state index >= 15 is 0 Å². The summed E-state index contributed by atoms with van der Waals surface area (Å²) in [4.78, 5) is 23.9. The zero-order valence-electron chi connectivity index (χ0n) is 10.7. The lowest BCUT2D eigenvalue weighted by atomic mass is 10.2. The summed E-state index contributed by atoms with van der Waals surface area (Å²) in [5, 5.41) is 8.73. The first-order valence-electron chi connectivity index (χ1n) is 5.40. The quantitative estimate of drug-likeness (QED) is 0.595. The summed E-state index contributed by atoms with van der Waals surface area (Å²) in [7, 11) is 0. The van der Waals surface area contributed by atoms with Crippen LogP contribution in [-0.4, -0.2) is 52.0 Å². The van der Waals surface area contributed by atoms with E-state index in [4.69, 9.17) is 9.84 Å². The van der Waals surface area contributed by atoms with Crippen LogP contribution in [0.4, 0.5) is 0 Å². The zero-order chi connectivity index (χ0) is 13.6. The molecule has 0 aliphatic rings. The first kappa shape index (κ1) is 16.4. The Balaban J connectivity index is 4.32. The summed E-state index contributed by atoms with van der Waals surface area (Å²) in [5.74, 6) is -1.37. The lowest BCUT2D eigenvalue weighted by Gasteiger charge is -2.24. The van der Waals surface area contributed by atoms with Gasteiger partial charge >= 0.3 is 11.9 Å². The van der Waals surface area contributed by atoms with E-state index in [2.05, 4.69) is 15.9 Å². The SMILES string of the molecule is C[C@@H](Br)CN(CC(=O)O)CC(=O)OC(C)(C)C. The number of alkyl halides is 1. The molecule has 1 N–H and O–H groups in total. The molecule has 0 aromatic carbocycles. The smallest absolute Gasteiger partial charge is 0.320 e. The molecule has 0 spiro atoms. The molecule has 0 saturated carbocycles. The van der Waals surface area contributed by atoms with E-state index in [9.17, 15) is 9.59 Å². The third kappa shape index (κ3) is 10.3. The molecular formula is C11H20BrNO4. The van der Waals surface area contributed by atoms with E-state index in [-0.39, 0.29) is 17.9 Å². The molecule has 0 fully saturated rings. The topological polar surface area (TPSA) is 66.8 Å². The highest BCUT2D eigenvalue weighted by atomic mass is 79.9. The van der Waals surface area contributed by atoms with Crippen LogP contribution in [-0.2, 0) is 14.3 Å². The van der Waals surface area contributed by atoms with Crippen molar-refractivity contribution in [1.29, 1.82) is 0 Å². The molecule has 0 amide bonds. The summed E-state index contributed by atoms with van der Waals surface area (Å²) in [6.07, 6.45) is 0. The van der Waals surface area contributed by atoms with Crippen molar-refractivity contribution >= 4 is 27.9 Å². The van der Waals surface area contributed by atoms with E-state index < -0.39 is 17.5 Å². The number of esters is 1. The van der Waals surface area contributed by atoms with Crippen molar-refractivity contribution in [2.75, 3.05) is 19.6 Å². The van der Waals surface area contributed by atoms with Gasteiger partial charge in [-0.1, -0.05) is 22.9 Å². The van der Waals surface area contributed by atoms with Gasteiger partial charge in [0.15, 0.2) is 0 Å². The first-order chi connectivity index (χ1) is 7.60. The van der Waals surface area contributed by atoms with Crippen molar-refractivity contribution in [3.05, 3.63) is 0 Å². The highest BCUT2D eigenvalue weighted by molar-refractivity contribution is 9.09. The molecule has 17 heavy (non-hydrogen) atoms. The fraction of sp³-hybridized carbons (Fsp3) is 0.818. The van der Waals surface area contributed by atoms with E-state index in [1.807, 2.05) is 6.92 Å². The molecule has 0 radical (unpaired) electrons. The largest absolute Gasteiger partial charge is 0.480 e. The van der Waals surface area contributed by atoms with Crippen LogP contribution in [0, 0.1) is 0 Å². The van der Waals surface area contributed by atoms with Gasteiger partial charge in [-0.3, -0.25) is 14.5 Å². The van der Waals surface area contributed by atoms with Gasteiger partial charge < -0.3 is 9.84 Å². The summed E-state index contributed by atoms with van der Waals surface area (Å²) in [6, 6.07) is 0. The van der Waals surface area contributed by atoms with Crippen molar-refractivity contribution in [3.8, 4) is 0 Å². The molecule has 5 nitrogen and oxygen atoms in total. The molecule has 1 atom stereocenters. The minimum absolute atomic E-state index is 0.0144. The van der Waals surface area contributed by atoms with Crippen LogP contribution in [0.25, 0.3) is 0 Å². The zero-order valence-corrected chi connectivity index (χ0v) is 12.3. The Bertz CT molecular complexity index is 273. The minimum Gasteiger partial charge on any atom is -0.480 e. The number of aliphatic carboxylic acids is 1. The van der Waals surface area contributed by atoms with E-state index in [1.54, 1.807) is 20.8 Å². The Hall–Kier alpha value is -0.620. The molecule has 0 aliphatic heterocycles. The van der Waals surface area contributed by atoms with Crippen molar-refractivity contribution < 1.29 is 19.4 Å². The number of carbonyl (C=O) groups is 2. The average Bonchev–Trinajstić information content (AvgIpc) is 1.95. The Morgan fingerprint density at radius 2 is 1.88 bits per heavy atom. The van der Waals surface area contributed by atoms with Crippen LogP contribution in [0.15, 0.2) is 0 Å². The van der Waals surface area contributed by atoms with Gasteiger partial charge in [0.25, 0.3) is 0 Å². The number of carboxylic acid groups (broad SMARTS) is 1. The molecular weight excluding hydrogens is 290 g/mol. The van der Waals surface area contributed by atoms with Gasteiger partial charge in [-0.25, -0.2) is 0 Å². The second-order valence-electron chi connectivity index (χ2n) is 4.93. The minimum atomic E-state index is -0.957. The molecule has 0 rings (SSSR count). The number of hydrogen-bond acceptors (Lipinski definition) is 4. The van der Waals surface area contributed by atoms with Crippen LogP contribution in [0.5, 0.6) is 0 Å². The summed E-state index contributed by atoms with van der Waals surface area (Å²) >= 11 is 3.33. The van der Waals surface area contributed by atoms with Gasteiger partial charge in [0.2, 0.25) is 0 Å². The normalized spacial score (nSPS) is 13.5. The number of halogens is 1. The Labute approximate surface area is 110 Å². The molecule has 100 valence electrons. The number of ether oxygens (including phenoxy) is 1. The van der Waals surface area contributed by atoms with Crippen LogP contribution in [0.3, 0.4) is 0 Å². The van der Waals surface area contributed by atoms with Gasteiger partial charge in [0, 0.05) is 11.4 Å². The molecule has 0 unspecified atom stereocenters. The molecule has 6 heteroatoms. The summed E-state index contributed by atoms with van der Waals surface area (Å²) in [5.41, 5.74) is -0.550. The lowest BCUT2D eigenvalue weighted by molar-refractivity contribution is -0.156. The van der Waals surface area contributed by atoms with Gasteiger partial charge in [-0.05, 0) is 20.8 Å². The second-order valence-corrected chi connectivity index (χ2v) is 6.49. The van der Waals surface area contributed by atoms with E-state index in [1.165, 1.54) is 4.90 Å². The second kappa shape index (κ2) is 6.96. The molecule has 0 aliphatic carbocycles. The number of hydrogen-bond donors (Lipinski definition) is 1. The standard InChI is InChI=1S/C11H20BrNO4/c1-8(12)5-13(6-9(14)15)7-10(16)17-11(2,3)4/h8H,5-7H2,1-4H3,(H,14,15)/t8-/m1/s1. The first-order valence-corrected chi connectivity index (χ1v) is 6.32. The fourth-order valence-corrected chi connectivity index (χ4v) is 1.70. The molecule has 0 aromatic heterocycles. The third-order valence-electron chi connectivity index (χ3n) is 1.64. The maximum atomic E-state index is 11.6. The van der Waals surface area contributed by atoms with Gasteiger partial charge in [-0.2, -0.15) is 0 Å². The van der Waals surface area contributed by atoms with Gasteiger partial charge in [0.05, 0.1) is 13.1 Å². The van der Waals surface area contributed by atoms with Gasteiger partial charge in [0.1, 0.15) is 5.60 Å². The lowest BCUT2D eigenvalue weighted by Crippen LogP contribution is -2.40. The van der Waals surface area contributed by atoms with Crippen LogP contribution in [0.1, 0.15) is 27.7 Å².